The lowest BCUT2D eigenvalue weighted by atomic mass is 10.2. The third-order valence-electron chi connectivity index (χ3n) is 3.05. The van der Waals surface area contributed by atoms with Gasteiger partial charge in [0.15, 0.2) is 5.69 Å². The first-order valence-electron chi connectivity index (χ1n) is 6.80. The molecule has 0 unspecified atom stereocenters. The van der Waals surface area contributed by atoms with Crippen LogP contribution >= 0.6 is 0 Å². The molecule has 0 radical (unpaired) electrons. The van der Waals surface area contributed by atoms with Crippen molar-refractivity contribution in [1.82, 2.24) is 14.7 Å². The van der Waals surface area contributed by atoms with E-state index in [4.69, 9.17) is 4.74 Å². The van der Waals surface area contributed by atoms with Gasteiger partial charge in [-0.05, 0) is 37.6 Å². The molecule has 0 aliphatic heterocycles. The fraction of sp³-hybridized carbons (Fsp3) is 0.286. The van der Waals surface area contributed by atoms with Gasteiger partial charge in [0.25, 0.3) is 0 Å². The molecule has 0 saturated heterocycles. The summed E-state index contributed by atoms with van der Waals surface area (Å²) in [5, 5.41) is 0. The zero-order valence-corrected chi connectivity index (χ0v) is 13.4. The van der Waals surface area contributed by atoms with Crippen LogP contribution in [0.25, 0.3) is 0 Å². The van der Waals surface area contributed by atoms with E-state index in [0.717, 1.165) is 12.1 Å². The van der Waals surface area contributed by atoms with Crippen LogP contribution in [0.4, 0.5) is 4.39 Å². The first kappa shape index (κ1) is 17.1. The molecule has 0 bridgehead atoms. The number of H-pyrrole nitrogens is 1. The van der Waals surface area contributed by atoms with Crippen molar-refractivity contribution >= 4 is 16.0 Å². The molecule has 9 heteroatoms. The summed E-state index contributed by atoms with van der Waals surface area (Å²) in [5.74, 6) is -1.15. The van der Waals surface area contributed by atoms with Crippen LogP contribution in [0.3, 0.4) is 0 Å². The highest BCUT2D eigenvalue weighted by molar-refractivity contribution is 7.89. The smallest absolute Gasteiger partial charge is 0.358 e. The number of sulfonamides is 1. The Balaban J connectivity index is 2.17. The molecular weight excluding hydrogens is 325 g/mol. The third kappa shape index (κ3) is 3.93. The molecule has 23 heavy (non-hydrogen) atoms. The Kier molecular flexibility index (Phi) is 5.12. The lowest BCUT2D eigenvalue weighted by Gasteiger charge is -2.09. The number of nitrogens with one attached hydrogen (secondary N) is 2. The van der Waals surface area contributed by atoms with Crippen molar-refractivity contribution in [2.45, 2.75) is 25.3 Å². The SMILES string of the molecule is CCOC(=O)c1nc[nH]c1CNS(=O)(=O)c1ccc(F)cc1C. The van der Waals surface area contributed by atoms with Crippen LogP contribution in [0.1, 0.15) is 28.7 Å². The van der Waals surface area contributed by atoms with E-state index in [0.29, 0.717) is 0 Å². The number of rotatable bonds is 6. The average molecular weight is 341 g/mol. The normalized spacial score (nSPS) is 11.4. The van der Waals surface area contributed by atoms with Crippen molar-refractivity contribution in [3.05, 3.63) is 47.3 Å². The average Bonchev–Trinajstić information content (AvgIpc) is 2.93. The topological polar surface area (TPSA) is 101 Å². The number of benzene rings is 1. The van der Waals surface area contributed by atoms with Crippen LogP contribution in [0, 0.1) is 12.7 Å². The second-order valence-corrected chi connectivity index (χ2v) is 6.42. The number of esters is 1. The summed E-state index contributed by atoms with van der Waals surface area (Å²) >= 11 is 0. The van der Waals surface area contributed by atoms with Gasteiger partial charge in [-0.25, -0.2) is 27.3 Å². The molecule has 1 heterocycles. The lowest BCUT2D eigenvalue weighted by molar-refractivity contribution is 0.0518. The van der Waals surface area contributed by atoms with Gasteiger partial charge < -0.3 is 9.72 Å². The summed E-state index contributed by atoms with van der Waals surface area (Å²) < 4.78 is 44.8. The summed E-state index contributed by atoms with van der Waals surface area (Å²) in [6, 6.07) is 3.39. The summed E-state index contributed by atoms with van der Waals surface area (Å²) in [5.41, 5.74) is 0.588. The third-order valence-corrected chi connectivity index (χ3v) is 4.61. The zero-order chi connectivity index (χ0) is 17.0. The van der Waals surface area contributed by atoms with Gasteiger partial charge >= 0.3 is 5.97 Å². The Morgan fingerprint density at radius 3 is 2.83 bits per heavy atom. The fourth-order valence-electron chi connectivity index (χ4n) is 1.99. The summed E-state index contributed by atoms with van der Waals surface area (Å²) in [4.78, 5) is 18.2. The van der Waals surface area contributed by atoms with E-state index in [-0.39, 0.29) is 35.0 Å². The number of carbonyl (C=O) groups excluding carboxylic acids is 1. The summed E-state index contributed by atoms with van der Waals surface area (Å²) in [7, 11) is -3.86. The van der Waals surface area contributed by atoms with Crippen LogP contribution in [-0.2, 0) is 21.3 Å². The Labute approximate surface area is 132 Å². The number of aryl methyl sites for hydroxylation is 1. The van der Waals surface area contributed by atoms with Crippen LogP contribution in [0.15, 0.2) is 29.4 Å². The van der Waals surface area contributed by atoms with E-state index < -0.39 is 21.8 Å². The molecular formula is C14H16FN3O4S. The quantitative estimate of drug-likeness (QED) is 0.776. The second-order valence-electron chi connectivity index (χ2n) is 4.68. The monoisotopic (exact) mass is 341 g/mol. The maximum absolute atomic E-state index is 13.1. The van der Waals surface area contributed by atoms with Crippen molar-refractivity contribution in [2.75, 3.05) is 6.61 Å². The molecule has 2 aromatic rings. The number of ether oxygens (including phenoxy) is 1. The number of hydrogen-bond donors (Lipinski definition) is 2. The molecule has 1 aromatic carbocycles. The van der Waals surface area contributed by atoms with Gasteiger partial charge in [0, 0.05) is 0 Å². The predicted molar refractivity (Wildman–Crippen MR) is 79.7 cm³/mol. The molecule has 0 aliphatic carbocycles. The number of aromatic nitrogens is 2. The van der Waals surface area contributed by atoms with Crippen molar-refractivity contribution < 1.29 is 22.3 Å². The van der Waals surface area contributed by atoms with Gasteiger partial charge in [0.2, 0.25) is 10.0 Å². The number of hydrogen-bond acceptors (Lipinski definition) is 5. The van der Waals surface area contributed by atoms with Crippen LogP contribution in [0.2, 0.25) is 0 Å². The molecule has 0 spiro atoms. The van der Waals surface area contributed by atoms with Crippen LogP contribution in [0.5, 0.6) is 0 Å². The highest BCUT2D eigenvalue weighted by Gasteiger charge is 2.20. The molecule has 0 atom stereocenters. The maximum atomic E-state index is 13.1. The lowest BCUT2D eigenvalue weighted by Crippen LogP contribution is -2.25. The molecule has 7 nitrogen and oxygen atoms in total. The van der Waals surface area contributed by atoms with Crippen molar-refractivity contribution in [3.8, 4) is 0 Å². The molecule has 0 amide bonds. The van der Waals surface area contributed by atoms with Gasteiger partial charge in [-0.1, -0.05) is 0 Å². The zero-order valence-electron chi connectivity index (χ0n) is 12.6. The maximum Gasteiger partial charge on any atom is 0.358 e. The van der Waals surface area contributed by atoms with Crippen LogP contribution < -0.4 is 4.72 Å². The number of nitrogens with zero attached hydrogens (tertiary/aromatic N) is 1. The van der Waals surface area contributed by atoms with Gasteiger partial charge in [0.05, 0.1) is 30.1 Å². The number of imidazole rings is 1. The highest BCUT2D eigenvalue weighted by Crippen LogP contribution is 2.16. The largest absolute Gasteiger partial charge is 0.461 e. The Morgan fingerprint density at radius 1 is 1.43 bits per heavy atom. The van der Waals surface area contributed by atoms with Gasteiger partial charge in [0.1, 0.15) is 5.82 Å². The van der Waals surface area contributed by atoms with Gasteiger partial charge in [-0.15, -0.1) is 0 Å². The Hall–Kier alpha value is -2.26. The molecule has 0 aliphatic rings. The molecule has 0 saturated carbocycles. The van der Waals surface area contributed by atoms with Gasteiger partial charge in [-0.3, -0.25) is 0 Å². The standard InChI is InChI=1S/C14H16FN3O4S/c1-3-22-14(19)13-11(16-8-17-13)7-18-23(20,21)12-5-4-10(15)6-9(12)2/h4-6,8,18H,3,7H2,1-2H3,(H,16,17). The summed E-state index contributed by atoms with van der Waals surface area (Å²) in [6.45, 7) is 3.17. The minimum atomic E-state index is -3.86. The number of halogens is 1. The highest BCUT2D eigenvalue weighted by atomic mass is 32.2. The van der Waals surface area contributed by atoms with E-state index in [1.54, 1.807) is 6.92 Å². The Bertz CT molecular complexity index is 817. The fourth-order valence-corrected chi connectivity index (χ4v) is 3.21. The van der Waals surface area contributed by atoms with Crippen LogP contribution in [-0.4, -0.2) is 31.0 Å². The number of carbonyl (C=O) groups is 1. The summed E-state index contributed by atoms with van der Waals surface area (Å²) in [6.07, 6.45) is 1.28. The first-order valence-corrected chi connectivity index (χ1v) is 8.28. The second kappa shape index (κ2) is 6.88. The predicted octanol–water partition coefficient (Wildman–Crippen LogP) is 1.51. The first-order chi connectivity index (χ1) is 10.8. The van der Waals surface area contributed by atoms with E-state index in [1.807, 2.05) is 0 Å². The molecule has 2 N–H and O–H groups in total. The van der Waals surface area contributed by atoms with Crippen molar-refractivity contribution in [2.24, 2.45) is 0 Å². The van der Waals surface area contributed by atoms with Gasteiger partial charge in [-0.2, -0.15) is 0 Å². The molecule has 1 aromatic heterocycles. The molecule has 0 fully saturated rings. The molecule has 124 valence electrons. The number of aromatic amines is 1. The minimum absolute atomic E-state index is 0.0189. The molecule has 2 rings (SSSR count). The van der Waals surface area contributed by atoms with E-state index >= 15 is 0 Å². The van der Waals surface area contributed by atoms with E-state index in [9.17, 15) is 17.6 Å². The van der Waals surface area contributed by atoms with E-state index in [2.05, 4.69) is 14.7 Å². The Morgan fingerprint density at radius 2 is 2.17 bits per heavy atom. The van der Waals surface area contributed by atoms with Crippen molar-refractivity contribution in [1.29, 1.82) is 0 Å². The minimum Gasteiger partial charge on any atom is -0.461 e. The van der Waals surface area contributed by atoms with Crippen molar-refractivity contribution in [3.63, 3.8) is 0 Å². The van der Waals surface area contributed by atoms with E-state index in [1.165, 1.54) is 19.3 Å².